The van der Waals surface area contributed by atoms with Crippen molar-refractivity contribution in [2.75, 3.05) is 19.8 Å². The lowest BCUT2D eigenvalue weighted by Crippen LogP contribution is -2.08. The number of carbonyl (C=O) groups is 1. The fourth-order valence-electron chi connectivity index (χ4n) is 0.664. The molecule has 0 spiro atoms. The van der Waals surface area contributed by atoms with E-state index in [-0.39, 0.29) is 6.64 Å². The van der Waals surface area contributed by atoms with E-state index in [1.807, 2.05) is 6.82 Å². The maximum atomic E-state index is 9.88. The average Bonchev–Trinajstić information content (AvgIpc) is 2.02. The minimum Gasteiger partial charge on any atom is -0.432 e. The van der Waals surface area contributed by atoms with Gasteiger partial charge in [0, 0.05) is 19.6 Å². The SMILES string of the molecule is CB(P)OCCCOCCC=O. The molecule has 0 N–H and O–H groups in total. The van der Waals surface area contributed by atoms with E-state index >= 15 is 0 Å². The van der Waals surface area contributed by atoms with Gasteiger partial charge < -0.3 is 14.2 Å². The van der Waals surface area contributed by atoms with E-state index in [0.717, 1.165) is 12.7 Å². The Morgan fingerprint density at radius 3 is 2.75 bits per heavy atom. The number of hydrogen-bond donors (Lipinski definition) is 0. The van der Waals surface area contributed by atoms with Crippen molar-refractivity contribution < 1.29 is 14.2 Å². The molecule has 0 heterocycles. The highest BCUT2D eigenvalue weighted by molar-refractivity contribution is 7.60. The van der Waals surface area contributed by atoms with Gasteiger partial charge in [-0.05, 0) is 6.42 Å². The number of carbonyl (C=O) groups excluding carboxylic acids is 1. The average molecular weight is 190 g/mol. The number of aldehydes is 1. The van der Waals surface area contributed by atoms with Gasteiger partial charge in [0.25, 0.3) is 0 Å². The molecule has 0 radical (unpaired) electrons. The van der Waals surface area contributed by atoms with Crippen molar-refractivity contribution in [3.8, 4) is 0 Å². The molecule has 0 aromatic carbocycles. The Bertz CT molecular complexity index is 111. The van der Waals surface area contributed by atoms with E-state index in [4.69, 9.17) is 9.39 Å². The standard InChI is InChI=1S/C7H16BO3P/c1-8(12)11-7-3-6-10-5-2-4-9/h4H,2-3,5-7,12H2,1H3. The Labute approximate surface area is 76.5 Å². The third kappa shape index (κ3) is 10.1. The molecule has 0 bridgehead atoms. The summed E-state index contributed by atoms with van der Waals surface area (Å²) in [5, 5.41) is 0. The van der Waals surface area contributed by atoms with Crippen molar-refractivity contribution in [3.05, 3.63) is 0 Å². The quantitative estimate of drug-likeness (QED) is 0.248. The smallest absolute Gasteiger partial charge is 0.311 e. The molecule has 0 aromatic heterocycles. The van der Waals surface area contributed by atoms with Gasteiger partial charge in [0.15, 0.2) is 0 Å². The van der Waals surface area contributed by atoms with Gasteiger partial charge in [0.2, 0.25) is 0 Å². The molecule has 1 unspecified atom stereocenters. The van der Waals surface area contributed by atoms with Gasteiger partial charge in [-0.1, -0.05) is 6.82 Å². The molecule has 0 aliphatic heterocycles. The first-order chi connectivity index (χ1) is 5.77. The van der Waals surface area contributed by atoms with Crippen molar-refractivity contribution in [1.29, 1.82) is 0 Å². The van der Waals surface area contributed by atoms with Gasteiger partial charge in [-0.25, -0.2) is 0 Å². The van der Waals surface area contributed by atoms with Crippen LogP contribution in [0.2, 0.25) is 6.82 Å². The molecule has 0 aliphatic rings. The molecule has 0 amide bonds. The molecule has 3 nitrogen and oxygen atoms in total. The van der Waals surface area contributed by atoms with E-state index in [1.165, 1.54) is 0 Å². The maximum Gasteiger partial charge on any atom is 0.311 e. The molecule has 0 rings (SSSR count). The fourth-order valence-corrected chi connectivity index (χ4v) is 0.800. The van der Waals surface area contributed by atoms with Crippen LogP contribution >= 0.6 is 9.12 Å². The third-order valence-electron chi connectivity index (χ3n) is 1.19. The van der Waals surface area contributed by atoms with Gasteiger partial charge in [0.05, 0.1) is 6.61 Å². The predicted molar refractivity (Wildman–Crippen MR) is 53.4 cm³/mol. The lowest BCUT2D eigenvalue weighted by atomic mass is 10.1. The first-order valence-electron chi connectivity index (χ1n) is 4.16. The van der Waals surface area contributed by atoms with Crippen molar-refractivity contribution in [3.63, 3.8) is 0 Å². The van der Waals surface area contributed by atoms with Gasteiger partial charge in [-0.15, -0.1) is 9.12 Å². The largest absolute Gasteiger partial charge is 0.432 e. The molecule has 0 saturated heterocycles. The Hall–Kier alpha value is 0.0849. The minimum absolute atomic E-state index is 0.208. The second-order valence-corrected chi connectivity index (χ2v) is 3.44. The molecule has 0 saturated carbocycles. The first-order valence-corrected chi connectivity index (χ1v) is 4.82. The molecule has 0 aliphatic carbocycles. The summed E-state index contributed by atoms with van der Waals surface area (Å²) < 4.78 is 10.4. The highest BCUT2D eigenvalue weighted by Gasteiger charge is 1.97. The molecular weight excluding hydrogens is 174 g/mol. The molecule has 12 heavy (non-hydrogen) atoms. The van der Waals surface area contributed by atoms with Crippen molar-refractivity contribution in [2.45, 2.75) is 19.7 Å². The van der Waals surface area contributed by atoms with Crippen LogP contribution in [0.1, 0.15) is 12.8 Å². The van der Waals surface area contributed by atoms with Crippen LogP contribution in [0.5, 0.6) is 0 Å². The molecule has 5 heteroatoms. The Kier molecular flexibility index (Phi) is 9.24. The zero-order valence-corrected chi connectivity index (χ0v) is 8.65. The summed E-state index contributed by atoms with van der Waals surface area (Å²) in [6.45, 7) is 4.09. The van der Waals surface area contributed by atoms with Crippen LogP contribution in [-0.4, -0.2) is 32.7 Å². The monoisotopic (exact) mass is 190 g/mol. The maximum absolute atomic E-state index is 9.88. The van der Waals surface area contributed by atoms with Crippen molar-refractivity contribution >= 4 is 22.0 Å². The van der Waals surface area contributed by atoms with E-state index in [1.54, 1.807) is 0 Å². The predicted octanol–water partition coefficient (Wildman–Crippen LogP) is 0.992. The highest BCUT2D eigenvalue weighted by Crippen LogP contribution is 1.95. The summed E-state index contributed by atoms with van der Waals surface area (Å²) in [6, 6.07) is 0. The zero-order valence-electron chi connectivity index (χ0n) is 7.49. The highest BCUT2D eigenvalue weighted by atomic mass is 31.0. The van der Waals surface area contributed by atoms with Crippen LogP contribution in [0.25, 0.3) is 0 Å². The molecule has 0 fully saturated rings. The number of ether oxygens (including phenoxy) is 1. The normalized spacial score (nSPS) is 9.83. The van der Waals surface area contributed by atoms with Crippen LogP contribution < -0.4 is 0 Å². The van der Waals surface area contributed by atoms with E-state index in [0.29, 0.717) is 26.2 Å². The lowest BCUT2D eigenvalue weighted by Gasteiger charge is -2.04. The van der Waals surface area contributed by atoms with Crippen molar-refractivity contribution in [1.82, 2.24) is 0 Å². The summed E-state index contributed by atoms with van der Waals surface area (Å²) in [5.41, 5.74) is 0. The van der Waals surface area contributed by atoms with E-state index < -0.39 is 0 Å². The third-order valence-corrected chi connectivity index (χ3v) is 1.39. The summed E-state index contributed by atoms with van der Waals surface area (Å²) in [7, 11) is 2.56. The second kappa shape index (κ2) is 9.18. The summed E-state index contributed by atoms with van der Waals surface area (Å²) in [6.07, 6.45) is 2.24. The van der Waals surface area contributed by atoms with Crippen LogP contribution in [0.15, 0.2) is 0 Å². The van der Waals surface area contributed by atoms with Crippen LogP contribution in [0, 0.1) is 0 Å². The molecular formula is C7H16BO3P. The topological polar surface area (TPSA) is 35.5 Å². The zero-order chi connectivity index (χ0) is 9.23. The molecule has 0 aromatic rings. The van der Waals surface area contributed by atoms with Gasteiger partial charge >= 0.3 is 6.64 Å². The molecule has 1 atom stereocenters. The minimum atomic E-state index is 0.208. The fraction of sp³-hybridized carbons (Fsp3) is 0.857. The first kappa shape index (κ1) is 12.1. The number of rotatable bonds is 8. The summed E-state index contributed by atoms with van der Waals surface area (Å²) >= 11 is 0. The Morgan fingerprint density at radius 2 is 2.17 bits per heavy atom. The van der Waals surface area contributed by atoms with E-state index in [9.17, 15) is 4.79 Å². The lowest BCUT2D eigenvalue weighted by molar-refractivity contribution is -0.108. The molecule has 70 valence electrons. The van der Waals surface area contributed by atoms with Crippen LogP contribution in [0.3, 0.4) is 0 Å². The Morgan fingerprint density at radius 1 is 1.42 bits per heavy atom. The van der Waals surface area contributed by atoms with E-state index in [2.05, 4.69) is 9.12 Å². The van der Waals surface area contributed by atoms with Gasteiger partial charge in [-0.2, -0.15) is 0 Å². The van der Waals surface area contributed by atoms with Crippen LogP contribution in [0.4, 0.5) is 0 Å². The van der Waals surface area contributed by atoms with Gasteiger partial charge in [-0.3, -0.25) is 0 Å². The van der Waals surface area contributed by atoms with Crippen molar-refractivity contribution in [2.24, 2.45) is 0 Å². The number of hydrogen-bond acceptors (Lipinski definition) is 3. The summed E-state index contributed by atoms with van der Waals surface area (Å²) in [4.78, 5) is 9.88. The Balaban J connectivity index is 2.86. The second-order valence-electron chi connectivity index (χ2n) is 2.50. The van der Waals surface area contributed by atoms with Gasteiger partial charge in [0.1, 0.15) is 6.29 Å². The summed E-state index contributed by atoms with van der Waals surface area (Å²) in [5.74, 6) is 0. The van der Waals surface area contributed by atoms with Crippen LogP contribution in [-0.2, 0) is 14.2 Å².